The number of rotatable bonds is 3. The van der Waals surface area contributed by atoms with E-state index in [9.17, 15) is 31.1 Å². The number of hydrogen-bond donors (Lipinski definition) is 1. The van der Waals surface area contributed by atoms with Crippen molar-refractivity contribution >= 4 is 5.97 Å². The zero-order valence-corrected chi connectivity index (χ0v) is 16.0. The van der Waals surface area contributed by atoms with Crippen LogP contribution in [0.15, 0.2) is 42.5 Å². The molecule has 0 fully saturated rings. The Morgan fingerprint density at radius 2 is 1.77 bits per heavy atom. The fourth-order valence-electron chi connectivity index (χ4n) is 3.54. The maximum Gasteiger partial charge on any atom is 0.490 e. The molecule has 2 aromatic carbocycles. The van der Waals surface area contributed by atoms with Gasteiger partial charge in [-0.05, 0) is 49.1 Å². The van der Waals surface area contributed by atoms with E-state index in [4.69, 9.17) is 4.74 Å². The minimum absolute atomic E-state index is 0.0190. The largest absolute Gasteiger partial charge is 0.490 e. The Kier molecular flexibility index (Phi) is 5.86. The molecule has 0 radical (unpaired) electrons. The Hall–Kier alpha value is -2.55. The molecule has 0 aromatic heterocycles. The molecule has 0 bridgehead atoms. The second-order valence-electron chi connectivity index (χ2n) is 7.41. The molecule has 9 heteroatoms. The van der Waals surface area contributed by atoms with Crippen molar-refractivity contribution < 1.29 is 35.9 Å². The molecular weight excluding hydrogens is 412 g/mol. The van der Waals surface area contributed by atoms with Crippen LogP contribution in [0.2, 0.25) is 0 Å². The topological polar surface area (TPSA) is 38.3 Å². The summed E-state index contributed by atoms with van der Waals surface area (Å²) in [5.41, 5.74) is -0.208. The molecule has 30 heavy (non-hydrogen) atoms. The molecule has 3 nitrogen and oxygen atoms in total. The zero-order chi connectivity index (χ0) is 22.2. The minimum Gasteiger partial charge on any atom is -0.446 e. The molecular formula is C21H19F6NO2. The summed E-state index contributed by atoms with van der Waals surface area (Å²) in [5, 5.41) is 2.97. The Morgan fingerprint density at radius 1 is 1.07 bits per heavy atom. The van der Waals surface area contributed by atoms with Crippen molar-refractivity contribution in [1.82, 2.24) is 5.32 Å². The second kappa shape index (κ2) is 7.94. The number of benzene rings is 2. The lowest BCUT2D eigenvalue weighted by Crippen LogP contribution is -2.42. The summed E-state index contributed by atoms with van der Waals surface area (Å²) >= 11 is 0. The van der Waals surface area contributed by atoms with Crippen molar-refractivity contribution in [3.63, 3.8) is 0 Å². The maximum absolute atomic E-state index is 12.9. The van der Waals surface area contributed by atoms with E-state index < -0.39 is 29.5 Å². The number of esters is 1. The summed E-state index contributed by atoms with van der Waals surface area (Å²) in [6.07, 6.45) is -8.95. The number of carbonyl (C=O) groups excluding carboxylic acids is 1. The lowest BCUT2D eigenvalue weighted by Gasteiger charge is -2.31. The summed E-state index contributed by atoms with van der Waals surface area (Å²) in [5.74, 6) is -2.29. The van der Waals surface area contributed by atoms with Crippen molar-refractivity contribution in [1.29, 1.82) is 0 Å². The highest BCUT2D eigenvalue weighted by molar-refractivity contribution is 5.76. The fourth-order valence-corrected chi connectivity index (χ4v) is 3.54. The molecule has 0 saturated carbocycles. The van der Waals surface area contributed by atoms with Gasteiger partial charge in [-0.1, -0.05) is 36.4 Å². The first-order chi connectivity index (χ1) is 13.9. The number of fused-ring (bicyclic) bond motifs is 1. The van der Waals surface area contributed by atoms with Gasteiger partial charge >= 0.3 is 18.3 Å². The quantitative estimate of drug-likeness (QED) is 0.563. The van der Waals surface area contributed by atoms with E-state index in [1.54, 1.807) is 24.3 Å². The van der Waals surface area contributed by atoms with Gasteiger partial charge in [-0.2, -0.15) is 26.3 Å². The van der Waals surface area contributed by atoms with E-state index in [1.807, 2.05) is 0 Å². The van der Waals surface area contributed by atoms with Crippen molar-refractivity contribution in [2.75, 3.05) is 13.1 Å². The molecule has 1 N–H and O–H groups in total. The summed E-state index contributed by atoms with van der Waals surface area (Å²) in [6.45, 7) is 1.86. The number of hydrogen-bond acceptors (Lipinski definition) is 3. The van der Waals surface area contributed by atoms with Gasteiger partial charge in [-0.25, -0.2) is 4.79 Å². The molecule has 0 aliphatic carbocycles. The average Bonchev–Trinajstić information content (AvgIpc) is 2.80. The predicted molar refractivity (Wildman–Crippen MR) is 96.8 cm³/mol. The van der Waals surface area contributed by atoms with Gasteiger partial charge in [0, 0.05) is 12.1 Å². The van der Waals surface area contributed by atoms with Crippen LogP contribution in [-0.2, 0) is 34.2 Å². The lowest BCUT2D eigenvalue weighted by molar-refractivity contribution is -0.213. The van der Waals surface area contributed by atoms with Crippen LogP contribution < -0.4 is 5.32 Å². The standard InChI is InChI=1S/C21H19F6NO2/c1-19(30-18(29)21(25,26)27)12-28-8-7-15-6-5-14(11-17(15)19)9-13-3-2-4-16(10-13)20(22,23)24/h2-6,10-11,28H,7-9,12H2,1H3/t19-/m1/s1. The van der Waals surface area contributed by atoms with Gasteiger partial charge in [-0.15, -0.1) is 0 Å². The van der Waals surface area contributed by atoms with Gasteiger partial charge in [0.25, 0.3) is 0 Å². The van der Waals surface area contributed by atoms with Crippen molar-refractivity contribution in [2.24, 2.45) is 0 Å². The normalized spacial score (nSPS) is 19.7. The van der Waals surface area contributed by atoms with E-state index in [0.29, 0.717) is 35.2 Å². The SMILES string of the molecule is C[C@@]1(OC(=O)C(F)(F)F)CNCCc2ccc(Cc3cccc(C(F)(F)F)c3)cc21. The first kappa shape index (κ1) is 22.1. The molecule has 1 aliphatic rings. The summed E-state index contributed by atoms with van der Waals surface area (Å²) < 4.78 is 82.0. The zero-order valence-electron chi connectivity index (χ0n) is 16.0. The third-order valence-electron chi connectivity index (χ3n) is 4.99. The third kappa shape index (κ3) is 4.95. The molecule has 1 aliphatic heterocycles. The predicted octanol–water partition coefficient (Wildman–Crippen LogP) is 4.76. The first-order valence-corrected chi connectivity index (χ1v) is 9.18. The molecule has 3 rings (SSSR count). The van der Waals surface area contributed by atoms with Gasteiger partial charge in [0.1, 0.15) is 5.60 Å². The molecule has 0 spiro atoms. The van der Waals surface area contributed by atoms with Crippen LogP contribution in [0.1, 0.15) is 34.7 Å². The Morgan fingerprint density at radius 3 is 2.43 bits per heavy atom. The Balaban J connectivity index is 1.94. The van der Waals surface area contributed by atoms with Crippen molar-refractivity contribution in [3.05, 3.63) is 70.3 Å². The van der Waals surface area contributed by atoms with Crippen LogP contribution >= 0.6 is 0 Å². The fraction of sp³-hybridized carbons (Fsp3) is 0.381. The molecule has 1 atom stereocenters. The monoisotopic (exact) mass is 431 g/mol. The van der Waals surface area contributed by atoms with Crippen LogP contribution in [0.25, 0.3) is 0 Å². The average molecular weight is 431 g/mol. The Bertz CT molecular complexity index is 938. The molecule has 0 saturated heterocycles. The minimum atomic E-state index is -5.13. The van der Waals surface area contributed by atoms with Crippen LogP contribution in [-0.4, -0.2) is 25.2 Å². The van der Waals surface area contributed by atoms with E-state index in [0.717, 1.165) is 12.1 Å². The van der Waals surface area contributed by atoms with Crippen LogP contribution in [0.3, 0.4) is 0 Å². The first-order valence-electron chi connectivity index (χ1n) is 9.18. The number of ether oxygens (including phenoxy) is 1. The lowest BCUT2D eigenvalue weighted by atomic mass is 9.88. The molecule has 1 heterocycles. The smallest absolute Gasteiger partial charge is 0.446 e. The van der Waals surface area contributed by atoms with Gasteiger partial charge < -0.3 is 10.1 Å². The molecule has 0 unspecified atom stereocenters. The van der Waals surface area contributed by atoms with Crippen LogP contribution in [0.5, 0.6) is 0 Å². The number of halogens is 6. The van der Waals surface area contributed by atoms with E-state index in [-0.39, 0.29) is 13.0 Å². The highest BCUT2D eigenvalue weighted by atomic mass is 19.4. The highest BCUT2D eigenvalue weighted by Crippen LogP contribution is 2.34. The van der Waals surface area contributed by atoms with E-state index >= 15 is 0 Å². The van der Waals surface area contributed by atoms with Crippen molar-refractivity contribution in [2.45, 2.75) is 37.7 Å². The Labute approximate surface area is 169 Å². The van der Waals surface area contributed by atoms with Crippen molar-refractivity contribution in [3.8, 4) is 0 Å². The van der Waals surface area contributed by atoms with Gasteiger partial charge in [-0.3, -0.25) is 0 Å². The highest BCUT2D eigenvalue weighted by Gasteiger charge is 2.46. The van der Waals surface area contributed by atoms with Gasteiger partial charge in [0.05, 0.1) is 5.56 Å². The third-order valence-corrected chi connectivity index (χ3v) is 4.99. The maximum atomic E-state index is 12.9. The summed E-state index contributed by atoms with van der Waals surface area (Å²) in [6, 6.07) is 9.90. The van der Waals surface area contributed by atoms with Crippen LogP contribution in [0, 0.1) is 0 Å². The second-order valence-corrected chi connectivity index (χ2v) is 7.41. The number of alkyl halides is 6. The van der Waals surface area contributed by atoms with Gasteiger partial charge in [0.15, 0.2) is 0 Å². The number of nitrogens with one attached hydrogen (secondary N) is 1. The van der Waals surface area contributed by atoms with E-state index in [2.05, 4.69) is 5.32 Å². The summed E-state index contributed by atoms with van der Waals surface area (Å²) in [4.78, 5) is 11.5. The molecule has 162 valence electrons. The van der Waals surface area contributed by atoms with Crippen LogP contribution in [0.4, 0.5) is 26.3 Å². The molecule has 2 aromatic rings. The molecule has 0 amide bonds. The summed E-state index contributed by atoms with van der Waals surface area (Å²) in [7, 11) is 0. The van der Waals surface area contributed by atoms with Gasteiger partial charge in [0.2, 0.25) is 0 Å². The number of carbonyl (C=O) groups is 1. The van der Waals surface area contributed by atoms with E-state index in [1.165, 1.54) is 13.0 Å².